The summed E-state index contributed by atoms with van der Waals surface area (Å²) in [5.41, 5.74) is 8.35. The third-order valence-corrected chi connectivity index (χ3v) is 2.83. The summed E-state index contributed by atoms with van der Waals surface area (Å²) < 4.78 is 5.17. The predicted octanol–water partition coefficient (Wildman–Crippen LogP) is 1.87. The number of ether oxygens (including phenoxy) is 1. The quantitative estimate of drug-likeness (QED) is 0.785. The molecule has 1 aromatic carbocycles. The molecule has 0 fully saturated rings. The van der Waals surface area contributed by atoms with Crippen LogP contribution in [0.5, 0.6) is 5.75 Å². The van der Waals surface area contributed by atoms with Gasteiger partial charge >= 0.3 is 0 Å². The summed E-state index contributed by atoms with van der Waals surface area (Å²) in [7, 11) is 1.52. The molecule has 2 aromatic rings. The maximum atomic E-state index is 12.2. The van der Waals surface area contributed by atoms with E-state index < -0.39 is 0 Å². The van der Waals surface area contributed by atoms with Crippen molar-refractivity contribution in [3.63, 3.8) is 0 Å². The van der Waals surface area contributed by atoms with Gasteiger partial charge in [-0.15, -0.1) is 0 Å². The molecule has 19 heavy (non-hydrogen) atoms. The van der Waals surface area contributed by atoms with Crippen LogP contribution in [0.4, 0.5) is 11.5 Å². The Labute approximate surface area is 111 Å². The van der Waals surface area contributed by atoms with Crippen LogP contribution in [0, 0.1) is 13.8 Å². The molecule has 1 amide bonds. The van der Waals surface area contributed by atoms with Gasteiger partial charge in [-0.1, -0.05) is 11.6 Å². The number of carbonyl (C=O) groups is 1. The van der Waals surface area contributed by atoms with Crippen molar-refractivity contribution in [1.29, 1.82) is 0 Å². The number of benzene rings is 1. The molecule has 0 aliphatic rings. The topological polar surface area (TPSA) is 93.0 Å². The van der Waals surface area contributed by atoms with Crippen molar-refractivity contribution in [2.45, 2.75) is 13.8 Å². The Bertz CT molecular complexity index is 619. The molecule has 4 N–H and O–H groups in total. The number of nitrogens with two attached hydrogens (primary N) is 1. The lowest BCUT2D eigenvalue weighted by atomic mass is 10.1. The highest BCUT2D eigenvalue weighted by molar-refractivity contribution is 6.07. The maximum Gasteiger partial charge on any atom is 0.260 e. The zero-order valence-corrected chi connectivity index (χ0v) is 11.1. The largest absolute Gasteiger partial charge is 0.496 e. The lowest BCUT2D eigenvalue weighted by Crippen LogP contribution is -2.14. The van der Waals surface area contributed by atoms with Crippen molar-refractivity contribution in [2.75, 3.05) is 18.2 Å². The van der Waals surface area contributed by atoms with E-state index in [1.54, 1.807) is 19.1 Å². The van der Waals surface area contributed by atoms with Gasteiger partial charge in [0.1, 0.15) is 5.75 Å². The van der Waals surface area contributed by atoms with Crippen LogP contribution >= 0.6 is 0 Å². The molecular formula is C13H16N4O2. The van der Waals surface area contributed by atoms with Crippen LogP contribution in [-0.4, -0.2) is 23.2 Å². The van der Waals surface area contributed by atoms with Crippen molar-refractivity contribution < 1.29 is 9.53 Å². The number of aromatic amines is 1. The monoisotopic (exact) mass is 260 g/mol. The first kappa shape index (κ1) is 12.9. The number of rotatable bonds is 3. The number of aromatic nitrogens is 2. The molecule has 0 radical (unpaired) electrons. The lowest BCUT2D eigenvalue weighted by Gasteiger charge is -2.09. The van der Waals surface area contributed by atoms with Crippen molar-refractivity contribution in [3.8, 4) is 5.75 Å². The van der Waals surface area contributed by atoms with Gasteiger partial charge in [0, 0.05) is 0 Å². The summed E-state index contributed by atoms with van der Waals surface area (Å²) in [6.45, 7) is 3.69. The minimum Gasteiger partial charge on any atom is -0.496 e. The minimum absolute atomic E-state index is 0.307. The Hall–Kier alpha value is -2.50. The smallest absolute Gasteiger partial charge is 0.260 e. The SMILES string of the molecule is COc1ccc(C)cc1C(=O)Nc1n[nH]c(C)c1N. The molecule has 0 unspecified atom stereocenters. The third-order valence-electron chi connectivity index (χ3n) is 2.83. The molecule has 0 aliphatic carbocycles. The number of hydrogen-bond acceptors (Lipinski definition) is 4. The number of carbonyl (C=O) groups excluding carboxylic acids is 1. The molecule has 6 nitrogen and oxygen atoms in total. The van der Waals surface area contributed by atoms with Gasteiger partial charge in [-0.3, -0.25) is 9.89 Å². The van der Waals surface area contributed by atoms with Crippen molar-refractivity contribution in [2.24, 2.45) is 0 Å². The molecule has 0 atom stereocenters. The molecule has 2 rings (SSSR count). The summed E-state index contributed by atoms with van der Waals surface area (Å²) in [5, 5.41) is 9.31. The number of hydrogen-bond donors (Lipinski definition) is 3. The molecule has 0 spiro atoms. The summed E-state index contributed by atoms with van der Waals surface area (Å²) in [6.07, 6.45) is 0. The number of amides is 1. The molecule has 100 valence electrons. The van der Waals surface area contributed by atoms with Crippen molar-refractivity contribution >= 4 is 17.4 Å². The number of nitrogens with one attached hydrogen (secondary N) is 2. The van der Waals surface area contributed by atoms with Crippen LogP contribution in [-0.2, 0) is 0 Å². The Morgan fingerprint density at radius 3 is 2.74 bits per heavy atom. The highest BCUT2D eigenvalue weighted by Gasteiger charge is 2.15. The van der Waals surface area contributed by atoms with E-state index in [1.165, 1.54) is 7.11 Å². The normalized spacial score (nSPS) is 10.3. The molecular weight excluding hydrogens is 244 g/mol. The van der Waals surface area contributed by atoms with Crippen LogP contribution in [0.25, 0.3) is 0 Å². The number of nitrogen functional groups attached to an aromatic ring is 1. The standard InChI is InChI=1S/C13H16N4O2/c1-7-4-5-10(19-3)9(6-7)13(18)15-12-11(14)8(2)16-17-12/h4-6H,14H2,1-3H3,(H2,15,16,17,18). The molecule has 1 aromatic heterocycles. The van der Waals surface area contributed by atoms with Gasteiger partial charge in [-0.05, 0) is 26.0 Å². The second-order valence-corrected chi connectivity index (χ2v) is 4.27. The molecule has 1 heterocycles. The van der Waals surface area contributed by atoms with Gasteiger partial charge in [0.15, 0.2) is 5.82 Å². The summed E-state index contributed by atoms with van der Waals surface area (Å²) >= 11 is 0. The summed E-state index contributed by atoms with van der Waals surface area (Å²) in [5.74, 6) is 0.527. The summed E-state index contributed by atoms with van der Waals surface area (Å²) in [4.78, 5) is 12.2. The van der Waals surface area contributed by atoms with Crippen LogP contribution in [0.15, 0.2) is 18.2 Å². The first-order valence-electron chi connectivity index (χ1n) is 5.79. The number of methoxy groups -OCH3 is 1. The molecule has 6 heteroatoms. The van der Waals surface area contributed by atoms with Crippen LogP contribution < -0.4 is 15.8 Å². The van der Waals surface area contributed by atoms with Crippen LogP contribution in [0.3, 0.4) is 0 Å². The Morgan fingerprint density at radius 2 is 2.16 bits per heavy atom. The highest BCUT2D eigenvalue weighted by Crippen LogP contribution is 2.23. The van der Waals surface area contributed by atoms with E-state index in [1.807, 2.05) is 13.0 Å². The third kappa shape index (κ3) is 2.52. The summed E-state index contributed by atoms with van der Waals surface area (Å²) in [6, 6.07) is 5.38. The lowest BCUT2D eigenvalue weighted by molar-refractivity contribution is 0.102. The zero-order valence-electron chi connectivity index (χ0n) is 11.1. The van der Waals surface area contributed by atoms with Crippen LogP contribution in [0.2, 0.25) is 0 Å². The fourth-order valence-electron chi connectivity index (χ4n) is 1.71. The van der Waals surface area contributed by atoms with E-state index in [4.69, 9.17) is 10.5 Å². The first-order chi connectivity index (χ1) is 9.02. The second kappa shape index (κ2) is 5.01. The fourth-order valence-corrected chi connectivity index (χ4v) is 1.71. The molecule has 0 bridgehead atoms. The number of aryl methyl sites for hydroxylation is 2. The van der Waals surface area contributed by atoms with E-state index in [0.29, 0.717) is 28.5 Å². The highest BCUT2D eigenvalue weighted by atomic mass is 16.5. The molecule has 0 saturated carbocycles. The second-order valence-electron chi connectivity index (χ2n) is 4.27. The van der Waals surface area contributed by atoms with Gasteiger partial charge in [0.25, 0.3) is 5.91 Å². The van der Waals surface area contributed by atoms with Gasteiger partial charge in [-0.25, -0.2) is 0 Å². The minimum atomic E-state index is -0.307. The Kier molecular flexibility index (Phi) is 3.41. The maximum absolute atomic E-state index is 12.2. The zero-order chi connectivity index (χ0) is 14.0. The van der Waals surface area contributed by atoms with E-state index >= 15 is 0 Å². The average molecular weight is 260 g/mol. The Balaban J connectivity index is 2.30. The van der Waals surface area contributed by atoms with E-state index in [0.717, 1.165) is 5.56 Å². The fraction of sp³-hybridized carbons (Fsp3) is 0.231. The van der Waals surface area contributed by atoms with Gasteiger partial charge < -0.3 is 15.8 Å². The number of anilines is 2. The van der Waals surface area contributed by atoms with Crippen molar-refractivity contribution in [3.05, 3.63) is 35.0 Å². The van der Waals surface area contributed by atoms with Crippen molar-refractivity contribution in [1.82, 2.24) is 10.2 Å². The van der Waals surface area contributed by atoms with Crippen LogP contribution in [0.1, 0.15) is 21.6 Å². The molecule has 0 aliphatic heterocycles. The van der Waals surface area contributed by atoms with Gasteiger partial charge in [0.2, 0.25) is 0 Å². The first-order valence-corrected chi connectivity index (χ1v) is 5.79. The van der Waals surface area contributed by atoms with E-state index in [2.05, 4.69) is 15.5 Å². The van der Waals surface area contributed by atoms with E-state index in [-0.39, 0.29) is 5.91 Å². The number of nitrogens with zero attached hydrogens (tertiary/aromatic N) is 1. The molecule has 0 saturated heterocycles. The van der Waals surface area contributed by atoms with E-state index in [9.17, 15) is 4.79 Å². The van der Waals surface area contributed by atoms with Gasteiger partial charge in [0.05, 0.1) is 24.1 Å². The average Bonchev–Trinajstić information content (AvgIpc) is 2.70. The predicted molar refractivity (Wildman–Crippen MR) is 73.4 cm³/mol. The number of H-pyrrole nitrogens is 1. The Morgan fingerprint density at radius 1 is 1.42 bits per heavy atom. The van der Waals surface area contributed by atoms with Gasteiger partial charge in [-0.2, -0.15) is 5.10 Å².